The van der Waals surface area contributed by atoms with E-state index in [0.29, 0.717) is 5.41 Å². The molecule has 2 heterocycles. The predicted octanol–water partition coefficient (Wildman–Crippen LogP) is 3.82. The zero-order valence-corrected chi connectivity index (χ0v) is 13.0. The first-order chi connectivity index (χ1) is 9.97. The average molecular weight is 337 g/mol. The molecule has 0 bridgehead atoms. The van der Waals surface area contributed by atoms with E-state index < -0.39 is 11.9 Å². The summed E-state index contributed by atoms with van der Waals surface area (Å²) >= 11 is 0. The van der Waals surface area contributed by atoms with Crippen LogP contribution in [0, 0.1) is 5.41 Å². The van der Waals surface area contributed by atoms with Crippen molar-refractivity contribution in [2.75, 3.05) is 13.1 Å². The number of hydrogen-bond donors (Lipinski definition) is 1. The van der Waals surface area contributed by atoms with Crippen molar-refractivity contribution >= 4 is 12.4 Å². The highest BCUT2D eigenvalue weighted by Gasteiger charge is 2.41. The highest BCUT2D eigenvalue weighted by molar-refractivity contribution is 5.85. The molecule has 1 saturated carbocycles. The number of halogens is 4. The number of alkyl halides is 3. The quantitative estimate of drug-likeness (QED) is 0.891. The molecule has 1 N–H and O–H groups in total. The Morgan fingerprint density at radius 2 is 1.91 bits per heavy atom. The number of piperidine rings is 1. The van der Waals surface area contributed by atoms with E-state index in [-0.39, 0.29) is 24.4 Å². The molecule has 124 valence electrons. The Labute approximate surface area is 134 Å². The fraction of sp³-hybridized carbons (Fsp3) is 0.667. The van der Waals surface area contributed by atoms with Crippen molar-refractivity contribution in [1.82, 2.24) is 10.3 Å². The first kappa shape index (κ1) is 17.3. The van der Waals surface area contributed by atoms with Crippen molar-refractivity contribution in [3.05, 3.63) is 23.9 Å². The Morgan fingerprint density at radius 3 is 2.59 bits per heavy atom. The van der Waals surface area contributed by atoms with Crippen LogP contribution in [-0.4, -0.2) is 24.2 Å². The molecule has 1 aromatic heterocycles. The SMILES string of the molecule is Cl.FC(F)(F)c1cccc(OC2CCC3(CCNCC3)C2)n1. The molecule has 1 aromatic rings. The Hall–Kier alpha value is -1.01. The van der Waals surface area contributed by atoms with Gasteiger partial charge in [-0.2, -0.15) is 13.2 Å². The topological polar surface area (TPSA) is 34.1 Å². The molecule has 3 nitrogen and oxygen atoms in total. The Morgan fingerprint density at radius 1 is 1.18 bits per heavy atom. The lowest BCUT2D eigenvalue weighted by Crippen LogP contribution is -2.35. The van der Waals surface area contributed by atoms with E-state index in [4.69, 9.17) is 4.74 Å². The van der Waals surface area contributed by atoms with Gasteiger partial charge in [-0.05, 0) is 56.7 Å². The van der Waals surface area contributed by atoms with Gasteiger partial charge >= 0.3 is 6.18 Å². The van der Waals surface area contributed by atoms with Crippen LogP contribution < -0.4 is 10.1 Å². The first-order valence-corrected chi connectivity index (χ1v) is 7.39. The monoisotopic (exact) mass is 336 g/mol. The second-order valence-corrected chi connectivity index (χ2v) is 6.09. The van der Waals surface area contributed by atoms with E-state index in [0.717, 1.165) is 51.3 Å². The molecule has 22 heavy (non-hydrogen) atoms. The number of nitrogens with one attached hydrogen (secondary N) is 1. The van der Waals surface area contributed by atoms with Crippen LogP contribution >= 0.6 is 12.4 Å². The molecule has 1 aliphatic carbocycles. The number of rotatable bonds is 2. The lowest BCUT2D eigenvalue weighted by Gasteiger charge is -2.33. The number of pyridine rings is 1. The molecule has 7 heteroatoms. The summed E-state index contributed by atoms with van der Waals surface area (Å²) in [4.78, 5) is 3.58. The lowest BCUT2D eigenvalue weighted by molar-refractivity contribution is -0.141. The molecule has 1 unspecified atom stereocenters. The van der Waals surface area contributed by atoms with Crippen LogP contribution in [0.2, 0.25) is 0 Å². The van der Waals surface area contributed by atoms with Gasteiger partial charge in [-0.1, -0.05) is 6.07 Å². The van der Waals surface area contributed by atoms with Crippen molar-refractivity contribution in [3.63, 3.8) is 0 Å². The molecule has 3 rings (SSSR count). The van der Waals surface area contributed by atoms with Gasteiger partial charge in [-0.3, -0.25) is 0 Å². The molecule has 1 spiro atoms. The fourth-order valence-corrected chi connectivity index (χ4v) is 3.48. The van der Waals surface area contributed by atoms with E-state index in [1.54, 1.807) is 0 Å². The predicted molar refractivity (Wildman–Crippen MR) is 79.3 cm³/mol. The van der Waals surface area contributed by atoms with Crippen LogP contribution in [-0.2, 0) is 6.18 Å². The summed E-state index contributed by atoms with van der Waals surface area (Å²) in [7, 11) is 0. The third-order valence-electron chi connectivity index (χ3n) is 4.62. The highest BCUT2D eigenvalue weighted by Crippen LogP contribution is 2.46. The molecular formula is C15H20ClF3N2O. The normalized spacial score (nSPS) is 24.0. The van der Waals surface area contributed by atoms with Crippen LogP contribution in [0.4, 0.5) is 13.2 Å². The minimum Gasteiger partial charge on any atom is -0.474 e. The molecule has 0 aromatic carbocycles. The van der Waals surface area contributed by atoms with E-state index in [1.807, 2.05) is 0 Å². The summed E-state index contributed by atoms with van der Waals surface area (Å²) in [6, 6.07) is 3.82. The van der Waals surface area contributed by atoms with Gasteiger partial charge in [-0.25, -0.2) is 4.98 Å². The maximum absolute atomic E-state index is 12.6. The molecule has 2 aliphatic rings. The minimum absolute atomic E-state index is 0. The van der Waals surface area contributed by atoms with Crippen molar-refractivity contribution in [2.45, 2.75) is 44.4 Å². The number of aromatic nitrogens is 1. The largest absolute Gasteiger partial charge is 0.474 e. The fourth-order valence-electron chi connectivity index (χ4n) is 3.48. The number of nitrogens with zero attached hydrogens (tertiary/aromatic N) is 1. The summed E-state index contributed by atoms with van der Waals surface area (Å²) in [5.41, 5.74) is -0.577. The molecule has 0 radical (unpaired) electrons. The molecule has 1 atom stereocenters. The second kappa shape index (κ2) is 6.62. The van der Waals surface area contributed by atoms with Gasteiger partial charge in [0.25, 0.3) is 0 Å². The van der Waals surface area contributed by atoms with Crippen molar-refractivity contribution in [3.8, 4) is 5.88 Å². The molecular weight excluding hydrogens is 317 g/mol. The summed E-state index contributed by atoms with van der Waals surface area (Å²) in [5, 5.41) is 3.35. The van der Waals surface area contributed by atoms with E-state index in [2.05, 4.69) is 10.3 Å². The summed E-state index contributed by atoms with van der Waals surface area (Å²) in [6.45, 7) is 2.04. The number of hydrogen-bond acceptors (Lipinski definition) is 3. The summed E-state index contributed by atoms with van der Waals surface area (Å²) in [5.74, 6) is 0.0841. The molecule has 1 aliphatic heterocycles. The Bertz CT molecular complexity index is 504. The second-order valence-electron chi connectivity index (χ2n) is 6.09. The van der Waals surface area contributed by atoms with Gasteiger partial charge in [0.1, 0.15) is 11.8 Å². The van der Waals surface area contributed by atoms with Crippen LogP contribution in [0.1, 0.15) is 37.8 Å². The third-order valence-corrected chi connectivity index (χ3v) is 4.62. The van der Waals surface area contributed by atoms with Crippen molar-refractivity contribution in [2.24, 2.45) is 5.41 Å². The van der Waals surface area contributed by atoms with Crippen LogP contribution in [0.15, 0.2) is 18.2 Å². The van der Waals surface area contributed by atoms with Gasteiger partial charge in [0.05, 0.1) is 0 Å². The third kappa shape index (κ3) is 3.84. The molecule has 0 amide bonds. The van der Waals surface area contributed by atoms with Crippen LogP contribution in [0.25, 0.3) is 0 Å². The Kier molecular flexibility index (Phi) is 5.22. The highest BCUT2D eigenvalue weighted by atomic mass is 35.5. The van der Waals surface area contributed by atoms with Gasteiger partial charge in [-0.15, -0.1) is 12.4 Å². The van der Waals surface area contributed by atoms with Crippen LogP contribution in [0.5, 0.6) is 5.88 Å². The first-order valence-electron chi connectivity index (χ1n) is 7.39. The zero-order chi connectivity index (χ0) is 14.9. The molecule has 2 fully saturated rings. The number of ether oxygens (including phenoxy) is 1. The minimum atomic E-state index is -4.43. The lowest BCUT2D eigenvalue weighted by atomic mass is 9.77. The van der Waals surface area contributed by atoms with Crippen LogP contribution in [0.3, 0.4) is 0 Å². The summed E-state index contributed by atoms with van der Waals surface area (Å²) in [6.07, 6.45) is 0.735. The van der Waals surface area contributed by atoms with E-state index in [9.17, 15) is 13.2 Å². The standard InChI is InChI=1S/C15H19F3N2O.ClH/c16-15(17,18)12-2-1-3-13(20-12)21-11-4-5-14(10-11)6-8-19-9-7-14;/h1-3,11,19H,4-10H2;1H. The maximum Gasteiger partial charge on any atom is 0.433 e. The van der Waals surface area contributed by atoms with Gasteiger partial charge < -0.3 is 10.1 Å². The Balaban J connectivity index is 0.00000176. The van der Waals surface area contributed by atoms with Crippen molar-refractivity contribution < 1.29 is 17.9 Å². The zero-order valence-electron chi connectivity index (χ0n) is 12.2. The van der Waals surface area contributed by atoms with Gasteiger partial charge in [0.15, 0.2) is 0 Å². The average Bonchev–Trinajstić information content (AvgIpc) is 2.81. The van der Waals surface area contributed by atoms with E-state index >= 15 is 0 Å². The van der Waals surface area contributed by atoms with Gasteiger partial charge in [0.2, 0.25) is 5.88 Å². The molecule has 1 saturated heterocycles. The smallest absolute Gasteiger partial charge is 0.433 e. The van der Waals surface area contributed by atoms with E-state index in [1.165, 1.54) is 12.1 Å². The summed E-state index contributed by atoms with van der Waals surface area (Å²) < 4.78 is 43.6. The van der Waals surface area contributed by atoms with Gasteiger partial charge in [0, 0.05) is 6.07 Å². The van der Waals surface area contributed by atoms with Crippen molar-refractivity contribution in [1.29, 1.82) is 0 Å². The maximum atomic E-state index is 12.6.